The quantitative estimate of drug-likeness (QED) is 0.942. The fraction of sp³-hybridized carbons (Fsp3) is 0.375. The van der Waals surface area contributed by atoms with E-state index >= 15 is 0 Å². The lowest BCUT2D eigenvalue weighted by Crippen LogP contribution is -2.45. The Morgan fingerprint density at radius 3 is 2.64 bits per heavy atom. The Bertz CT molecular complexity index is 625. The van der Waals surface area contributed by atoms with Gasteiger partial charge in [0.05, 0.1) is 25.0 Å². The van der Waals surface area contributed by atoms with E-state index in [1.165, 1.54) is 25.5 Å². The number of rotatable bonds is 4. The number of nitrogens with one attached hydrogen (secondary N) is 1. The Labute approximate surface area is 127 Å². The van der Waals surface area contributed by atoms with Crippen molar-refractivity contribution in [1.82, 2.24) is 10.2 Å². The maximum Gasteiger partial charge on any atom is 0.173 e. The molecular formula is C16H18F2N2O2. The highest BCUT2D eigenvalue weighted by atomic mass is 19.1. The van der Waals surface area contributed by atoms with E-state index in [0.717, 1.165) is 13.1 Å². The van der Waals surface area contributed by atoms with Crippen LogP contribution in [-0.4, -0.2) is 38.2 Å². The van der Waals surface area contributed by atoms with Crippen LogP contribution in [0.3, 0.4) is 0 Å². The third-order valence-electron chi connectivity index (χ3n) is 3.91. The molecule has 1 N–H and O–H groups in total. The molecule has 0 radical (unpaired) electrons. The average Bonchev–Trinajstić information content (AvgIpc) is 3.06. The van der Waals surface area contributed by atoms with Gasteiger partial charge in [-0.15, -0.1) is 0 Å². The van der Waals surface area contributed by atoms with Crippen molar-refractivity contribution < 1.29 is 17.9 Å². The van der Waals surface area contributed by atoms with E-state index in [9.17, 15) is 8.78 Å². The summed E-state index contributed by atoms with van der Waals surface area (Å²) in [5, 5.41) is 3.23. The first-order valence-electron chi connectivity index (χ1n) is 7.22. The van der Waals surface area contributed by atoms with Gasteiger partial charge in [0, 0.05) is 26.2 Å². The summed E-state index contributed by atoms with van der Waals surface area (Å²) in [6, 6.07) is 5.39. The van der Waals surface area contributed by atoms with Gasteiger partial charge >= 0.3 is 0 Å². The van der Waals surface area contributed by atoms with Crippen LogP contribution in [-0.2, 0) is 0 Å². The minimum Gasteiger partial charge on any atom is -0.494 e. The van der Waals surface area contributed by atoms with Crippen LogP contribution in [0, 0.1) is 11.6 Å². The summed E-state index contributed by atoms with van der Waals surface area (Å²) in [7, 11) is 1.37. The lowest BCUT2D eigenvalue weighted by Gasteiger charge is -2.34. The zero-order valence-electron chi connectivity index (χ0n) is 12.3. The number of ether oxygens (including phenoxy) is 1. The third-order valence-corrected chi connectivity index (χ3v) is 3.91. The van der Waals surface area contributed by atoms with E-state index in [2.05, 4.69) is 5.32 Å². The maximum absolute atomic E-state index is 14.7. The van der Waals surface area contributed by atoms with Crippen molar-refractivity contribution in [3.05, 3.63) is 53.5 Å². The number of piperazine rings is 1. The normalized spacial score (nSPS) is 17.4. The van der Waals surface area contributed by atoms with Crippen molar-refractivity contribution in [3.63, 3.8) is 0 Å². The lowest BCUT2D eigenvalue weighted by atomic mass is 10.00. The van der Waals surface area contributed by atoms with E-state index in [-0.39, 0.29) is 11.3 Å². The fourth-order valence-electron chi connectivity index (χ4n) is 2.85. The molecule has 2 heterocycles. The van der Waals surface area contributed by atoms with Crippen LogP contribution >= 0.6 is 0 Å². The number of halogens is 2. The van der Waals surface area contributed by atoms with Gasteiger partial charge in [0.25, 0.3) is 0 Å². The summed E-state index contributed by atoms with van der Waals surface area (Å²) in [6.07, 6.45) is 1.51. The molecule has 4 nitrogen and oxygen atoms in total. The smallest absolute Gasteiger partial charge is 0.173 e. The first-order valence-corrected chi connectivity index (χ1v) is 7.22. The van der Waals surface area contributed by atoms with E-state index in [1.54, 1.807) is 12.1 Å². The molecule has 0 bridgehead atoms. The van der Waals surface area contributed by atoms with Crippen LogP contribution in [0.15, 0.2) is 34.9 Å². The molecule has 2 aromatic rings. The molecule has 0 saturated carbocycles. The Morgan fingerprint density at radius 2 is 2.00 bits per heavy atom. The Balaban J connectivity index is 2.10. The molecule has 1 aliphatic rings. The predicted octanol–water partition coefficient (Wildman–Crippen LogP) is 2.56. The van der Waals surface area contributed by atoms with Crippen LogP contribution in [0.2, 0.25) is 0 Å². The van der Waals surface area contributed by atoms with Crippen molar-refractivity contribution in [2.45, 2.75) is 6.04 Å². The molecule has 0 spiro atoms. The Kier molecular flexibility index (Phi) is 4.40. The van der Waals surface area contributed by atoms with E-state index in [1.807, 2.05) is 4.90 Å². The average molecular weight is 308 g/mol. The van der Waals surface area contributed by atoms with Gasteiger partial charge in [-0.2, -0.15) is 0 Å². The maximum atomic E-state index is 14.7. The van der Waals surface area contributed by atoms with Gasteiger partial charge in [0.2, 0.25) is 0 Å². The SMILES string of the molecule is COc1ccc(F)c([C@H](c2ccco2)N2CCNCC2)c1F. The standard InChI is InChI=1S/C16H18F2N2O2/c1-21-12-5-4-11(17)14(15(12)18)16(13-3-2-10-22-13)20-8-6-19-7-9-20/h2-5,10,16,19H,6-9H2,1H3/t16-/m0/s1. The number of hydrogen-bond acceptors (Lipinski definition) is 4. The number of furan rings is 1. The first-order chi connectivity index (χ1) is 10.7. The number of hydrogen-bond donors (Lipinski definition) is 1. The summed E-state index contributed by atoms with van der Waals surface area (Å²) in [4.78, 5) is 2.01. The molecule has 0 amide bonds. The van der Waals surface area contributed by atoms with E-state index < -0.39 is 17.7 Å². The molecule has 1 aliphatic heterocycles. The van der Waals surface area contributed by atoms with Crippen molar-refractivity contribution in [2.24, 2.45) is 0 Å². The highest BCUT2D eigenvalue weighted by Crippen LogP contribution is 2.36. The molecule has 6 heteroatoms. The van der Waals surface area contributed by atoms with Gasteiger partial charge < -0.3 is 14.5 Å². The monoisotopic (exact) mass is 308 g/mol. The molecule has 22 heavy (non-hydrogen) atoms. The molecule has 1 saturated heterocycles. The molecule has 1 atom stereocenters. The zero-order chi connectivity index (χ0) is 15.5. The minimum atomic E-state index is -0.678. The van der Waals surface area contributed by atoms with Gasteiger partial charge in [-0.05, 0) is 24.3 Å². The van der Waals surface area contributed by atoms with Gasteiger partial charge in [0.15, 0.2) is 11.6 Å². The van der Waals surface area contributed by atoms with Crippen LogP contribution in [0.4, 0.5) is 8.78 Å². The highest BCUT2D eigenvalue weighted by Gasteiger charge is 2.32. The van der Waals surface area contributed by atoms with E-state index in [0.29, 0.717) is 18.8 Å². The van der Waals surface area contributed by atoms with Gasteiger partial charge in [-0.1, -0.05) is 0 Å². The predicted molar refractivity (Wildman–Crippen MR) is 77.9 cm³/mol. The largest absolute Gasteiger partial charge is 0.494 e. The van der Waals surface area contributed by atoms with Gasteiger partial charge in [-0.25, -0.2) is 8.78 Å². The Morgan fingerprint density at radius 1 is 1.23 bits per heavy atom. The zero-order valence-corrected chi connectivity index (χ0v) is 12.3. The molecule has 3 rings (SSSR count). The number of nitrogens with zero attached hydrogens (tertiary/aromatic N) is 1. The molecule has 0 unspecified atom stereocenters. The molecule has 0 aliphatic carbocycles. The fourth-order valence-corrected chi connectivity index (χ4v) is 2.85. The van der Waals surface area contributed by atoms with Gasteiger partial charge in [0.1, 0.15) is 11.6 Å². The van der Waals surface area contributed by atoms with Crippen LogP contribution < -0.4 is 10.1 Å². The topological polar surface area (TPSA) is 37.6 Å². The second-order valence-corrected chi connectivity index (χ2v) is 5.18. The summed E-state index contributed by atoms with van der Waals surface area (Å²) >= 11 is 0. The number of methoxy groups -OCH3 is 1. The highest BCUT2D eigenvalue weighted by molar-refractivity contribution is 5.37. The van der Waals surface area contributed by atoms with Crippen molar-refractivity contribution in [1.29, 1.82) is 0 Å². The minimum absolute atomic E-state index is 0.0306. The molecule has 1 aromatic heterocycles. The van der Waals surface area contributed by atoms with E-state index in [4.69, 9.17) is 9.15 Å². The lowest BCUT2D eigenvalue weighted by molar-refractivity contribution is 0.173. The van der Waals surface area contributed by atoms with Crippen LogP contribution in [0.25, 0.3) is 0 Å². The number of benzene rings is 1. The molecule has 1 aromatic carbocycles. The summed E-state index contributed by atoms with van der Waals surface area (Å²) in [5.74, 6) is -0.725. The van der Waals surface area contributed by atoms with Gasteiger partial charge in [-0.3, -0.25) is 4.90 Å². The van der Waals surface area contributed by atoms with Crippen LogP contribution in [0.5, 0.6) is 5.75 Å². The molecular weight excluding hydrogens is 290 g/mol. The third kappa shape index (κ3) is 2.71. The summed E-state index contributed by atoms with van der Waals surface area (Å²) in [5.41, 5.74) is -0.0313. The van der Waals surface area contributed by atoms with Crippen molar-refractivity contribution in [2.75, 3.05) is 33.3 Å². The van der Waals surface area contributed by atoms with Crippen LogP contribution in [0.1, 0.15) is 17.4 Å². The van der Waals surface area contributed by atoms with Crippen molar-refractivity contribution >= 4 is 0 Å². The Hall–Kier alpha value is -1.92. The second-order valence-electron chi connectivity index (χ2n) is 5.18. The first kappa shape index (κ1) is 15.0. The molecule has 118 valence electrons. The molecule has 1 fully saturated rings. The summed E-state index contributed by atoms with van der Waals surface area (Å²) in [6.45, 7) is 2.90. The second kappa shape index (κ2) is 6.46. The summed E-state index contributed by atoms with van der Waals surface area (Å²) < 4.78 is 39.5. The van der Waals surface area contributed by atoms with Crippen molar-refractivity contribution in [3.8, 4) is 5.75 Å².